The van der Waals surface area contributed by atoms with Crippen LogP contribution in [0.1, 0.15) is 26.7 Å². The molecule has 0 aliphatic carbocycles. The van der Waals surface area contributed by atoms with Gasteiger partial charge in [-0.2, -0.15) is 0 Å². The van der Waals surface area contributed by atoms with Crippen molar-refractivity contribution in [2.45, 2.75) is 26.7 Å². The van der Waals surface area contributed by atoms with Gasteiger partial charge < -0.3 is 9.80 Å². The Kier molecular flexibility index (Phi) is 2.98. The van der Waals surface area contributed by atoms with Gasteiger partial charge in [-0.15, -0.1) is 0 Å². The summed E-state index contributed by atoms with van der Waals surface area (Å²) in [4.78, 5) is 9.51. The molecule has 0 aromatic heterocycles. The zero-order valence-electron chi connectivity index (χ0n) is 11.3. The van der Waals surface area contributed by atoms with Crippen LogP contribution in [0.2, 0.25) is 0 Å². The minimum Gasteiger partial charge on any atom is -0.310 e. The summed E-state index contributed by atoms with van der Waals surface area (Å²) in [7, 11) is 0. The van der Waals surface area contributed by atoms with Gasteiger partial charge >= 0.3 is 0 Å². The molecule has 1 aromatic rings. The first-order valence-electron chi connectivity index (χ1n) is 6.96. The van der Waals surface area contributed by atoms with Gasteiger partial charge in [0, 0.05) is 19.6 Å². The maximum Gasteiger partial charge on any atom is 0.205 e. The smallest absolute Gasteiger partial charge is 0.205 e. The first kappa shape index (κ1) is 11.6. The summed E-state index contributed by atoms with van der Waals surface area (Å²) >= 11 is 0. The third-order valence-electron chi connectivity index (χ3n) is 3.67. The molecule has 0 saturated carbocycles. The molecule has 1 aromatic carbocycles. The van der Waals surface area contributed by atoms with E-state index in [1.807, 2.05) is 0 Å². The van der Waals surface area contributed by atoms with Gasteiger partial charge in [0.2, 0.25) is 5.96 Å². The zero-order chi connectivity index (χ0) is 12.5. The lowest BCUT2D eigenvalue weighted by molar-refractivity contribution is 0.593. The number of benzene rings is 1. The molecule has 0 bridgehead atoms. The van der Waals surface area contributed by atoms with E-state index in [9.17, 15) is 0 Å². The zero-order valence-corrected chi connectivity index (χ0v) is 11.3. The standard InChI is InChI=1S/C15H21N3/c1-12(2)8-11-18-14-7-4-3-6-13(14)17-10-5-9-16-15(17)18/h3-4,6-7,12H,5,8-11H2,1-2H3. The summed E-state index contributed by atoms with van der Waals surface area (Å²) in [6, 6.07) is 8.68. The molecule has 2 aliphatic rings. The Morgan fingerprint density at radius 3 is 2.78 bits per heavy atom. The highest BCUT2D eigenvalue weighted by atomic mass is 15.4. The lowest BCUT2D eigenvalue weighted by atomic mass is 10.1. The van der Waals surface area contributed by atoms with Crippen LogP contribution >= 0.6 is 0 Å². The van der Waals surface area contributed by atoms with Gasteiger partial charge in [-0.3, -0.25) is 4.99 Å². The van der Waals surface area contributed by atoms with Crippen molar-refractivity contribution < 1.29 is 0 Å². The molecule has 96 valence electrons. The Hall–Kier alpha value is -1.51. The molecular formula is C15H21N3. The maximum absolute atomic E-state index is 4.73. The molecule has 0 radical (unpaired) electrons. The topological polar surface area (TPSA) is 18.8 Å². The van der Waals surface area contributed by atoms with Crippen LogP contribution < -0.4 is 9.80 Å². The lowest BCUT2D eigenvalue weighted by Crippen LogP contribution is -2.42. The Labute approximate surface area is 109 Å². The van der Waals surface area contributed by atoms with Crippen LogP contribution in [0.15, 0.2) is 29.3 Å². The van der Waals surface area contributed by atoms with Crippen molar-refractivity contribution in [2.24, 2.45) is 10.9 Å². The summed E-state index contributed by atoms with van der Waals surface area (Å²) in [6.45, 7) is 7.71. The summed E-state index contributed by atoms with van der Waals surface area (Å²) in [5, 5.41) is 0. The van der Waals surface area contributed by atoms with E-state index in [0.29, 0.717) is 0 Å². The van der Waals surface area contributed by atoms with Gasteiger partial charge in [-0.25, -0.2) is 0 Å². The molecule has 3 rings (SSSR count). The van der Waals surface area contributed by atoms with Crippen molar-refractivity contribution in [3.8, 4) is 0 Å². The third kappa shape index (κ3) is 1.88. The van der Waals surface area contributed by atoms with Gasteiger partial charge in [0.1, 0.15) is 0 Å². The molecule has 3 heteroatoms. The quantitative estimate of drug-likeness (QED) is 0.812. The molecule has 0 spiro atoms. The van der Waals surface area contributed by atoms with Crippen LogP contribution in [-0.2, 0) is 0 Å². The highest BCUT2D eigenvalue weighted by molar-refractivity contribution is 6.16. The van der Waals surface area contributed by atoms with E-state index in [1.165, 1.54) is 23.8 Å². The molecule has 0 saturated heterocycles. The van der Waals surface area contributed by atoms with E-state index in [1.54, 1.807) is 0 Å². The first-order valence-corrected chi connectivity index (χ1v) is 6.96. The summed E-state index contributed by atoms with van der Waals surface area (Å²) in [6.07, 6.45) is 2.37. The second-order valence-electron chi connectivity index (χ2n) is 5.51. The molecule has 18 heavy (non-hydrogen) atoms. The minimum atomic E-state index is 0.732. The van der Waals surface area contributed by atoms with Gasteiger partial charge in [0.15, 0.2) is 0 Å². The molecule has 2 heterocycles. The molecule has 2 aliphatic heterocycles. The van der Waals surface area contributed by atoms with E-state index in [2.05, 4.69) is 47.9 Å². The molecule has 0 amide bonds. The highest BCUT2D eigenvalue weighted by Crippen LogP contribution is 2.38. The second kappa shape index (κ2) is 4.63. The van der Waals surface area contributed by atoms with Crippen molar-refractivity contribution in [3.63, 3.8) is 0 Å². The van der Waals surface area contributed by atoms with E-state index < -0.39 is 0 Å². The summed E-state index contributed by atoms with van der Waals surface area (Å²) < 4.78 is 0. The number of rotatable bonds is 3. The maximum atomic E-state index is 4.73. The molecule has 0 N–H and O–H groups in total. The van der Waals surface area contributed by atoms with Gasteiger partial charge in [0.05, 0.1) is 11.4 Å². The third-order valence-corrected chi connectivity index (χ3v) is 3.67. The van der Waals surface area contributed by atoms with Gasteiger partial charge in [-0.1, -0.05) is 26.0 Å². The van der Waals surface area contributed by atoms with E-state index >= 15 is 0 Å². The molecule has 0 atom stereocenters. The largest absolute Gasteiger partial charge is 0.310 e. The number of fused-ring (bicyclic) bond motifs is 3. The van der Waals surface area contributed by atoms with Crippen LogP contribution in [0.5, 0.6) is 0 Å². The molecular weight excluding hydrogens is 222 g/mol. The Morgan fingerprint density at radius 2 is 2.00 bits per heavy atom. The SMILES string of the molecule is CC(C)CCN1C2=NCCCN2c2ccccc21. The van der Waals surface area contributed by atoms with Gasteiger partial charge in [0.25, 0.3) is 0 Å². The van der Waals surface area contributed by atoms with Crippen LogP contribution in [0, 0.1) is 5.92 Å². The van der Waals surface area contributed by atoms with Crippen LogP contribution in [0.25, 0.3) is 0 Å². The fraction of sp³-hybridized carbons (Fsp3) is 0.533. The van der Waals surface area contributed by atoms with Crippen molar-refractivity contribution in [1.82, 2.24) is 0 Å². The average Bonchev–Trinajstić information content (AvgIpc) is 2.71. The Bertz CT molecular complexity index is 465. The lowest BCUT2D eigenvalue weighted by Gasteiger charge is -2.27. The fourth-order valence-electron chi connectivity index (χ4n) is 2.69. The number of hydrogen-bond acceptors (Lipinski definition) is 3. The molecule has 0 fully saturated rings. The highest BCUT2D eigenvalue weighted by Gasteiger charge is 2.33. The number of aliphatic imine (C=N–C) groups is 1. The van der Waals surface area contributed by atoms with Crippen LogP contribution in [0.3, 0.4) is 0 Å². The average molecular weight is 243 g/mol. The minimum absolute atomic E-state index is 0.732. The van der Waals surface area contributed by atoms with E-state index in [-0.39, 0.29) is 0 Å². The van der Waals surface area contributed by atoms with Crippen LogP contribution in [0.4, 0.5) is 11.4 Å². The Balaban J connectivity index is 1.93. The van der Waals surface area contributed by atoms with Crippen molar-refractivity contribution in [3.05, 3.63) is 24.3 Å². The van der Waals surface area contributed by atoms with Crippen molar-refractivity contribution >= 4 is 17.3 Å². The Morgan fingerprint density at radius 1 is 1.22 bits per heavy atom. The number of para-hydroxylation sites is 2. The normalized spacial score (nSPS) is 17.8. The number of hydrogen-bond donors (Lipinski definition) is 0. The van der Waals surface area contributed by atoms with E-state index in [0.717, 1.165) is 32.0 Å². The second-order valence-corrected chi connectivity index (χ2v) is 5.51. The van der Waals surface area contributed by atoms with Gasteiger partial charge in [-0.05, 0) is 30.9 Å². The monoisotopic (exact) mass is 243 g/mol. The predicted octanol–water partition coefficient (Wildman–Crippen LogP) is 3.12. The molecule has 0 unspecified atom stereocenters. The van der Waals surface area contributed by atoms with Crippen LogP contribution in [-0.4, -0.2) is 25.6 Å². The first-order chi connectivity index (χ1) is 8.77. The number of anilines is 2. The van der Waals surface area contributed by atoms with Crippen molar-refractivity contribution in [1.29, 1.82) is 0 Å². The summed E-state index contributed by atoms with van der Waals surface area (Å²) in [5.41, 5.74) is 2.67. The predicted molar refractivity (Wildman–Crippen MR) is 77.5 cm³/mol. The van der Waals surface area contributed by atoms with Crippen molar-refractivity contribution in [2.75, 3.05) is 29.4 Å². The fourth-order valence-corrected chi connectivity index (χ4v) is 2.69. The molecule has 3 nitrogen and oxygen atoms in total. The van der Waals surface area contributed by atoms with E-state index in [4.69, 9.17) is 4.99 Å². The summed E-state index contributed by atoms with van der Waals surface area (Å²) in [5.74, 6) is 1.90. The number of nitrogens with zero attached hydrogens (tertiary/aromatic N) is 3. The number of guanidine groups is 1.